The maximum absolute atomic E-state index is 11.0. The molecule has 0 aliphatic carbocycles. The average Bonchev–Trinajstić information content (AvgIpc) is 2.35. The van der Waals surface area contributed by atoms with Gasteiger partial charge in [-0.2, -0.15) is 0 Å². The maximum Gasteiger partial charge on any atom is 0.304 e. The first-order chi connectivity index (χ1) is 8.95. The molecule has 4 heteroatoms. The Balaban J connectivity index is 2.48. The number of carboxylic acid groups (broad SMARTS) is 1. The third-order valence-corrected chi connectivity index (χ3v) is 3.49. The molecule has 0 radical (unpaired) electrons. The number of fused-ring (bicyclic) bond motifs is 1. The predicted octanol–water partition coefficient (Wildman–Crippen LogP) is 2.77. The molecule has 1 aliphatic rings. The first-order valence-electron chi connectivity index (χ1n) is 6.59. The number of carboxylic acids is 1. The molecule has 0 fully saturated rings. The van der Waals surface area contributed by atoms with Gasteiger partial charge in [-0.25, -0.2) is 0 Å². The zero-order valence-corrected chi connectivity index (χ0v) is 11.7. The molecule has 0 aromatic heterocycles. The van der Waals surface area contributed by atoms with Crippen molar-refractivity contribution in [3.05, 3.63) is 23.3 Å². The van der Waals surface area contributed by atoms with Crippen LogP contribution in [0.3, 0.4) is 0 Å². The van der Waals surface area contributed by atoms with Crippen LogP contribution in [-0.2, 0) is 16.6 Å². The van der Waals surface area contributed by atoms with Crippen LogP contribution in [0.2, 0.25) is 0 Å². The van der Waals surface area contributed by atoms with Crippen molar-refractivity contribution < 1.29 is 19.4 Å². The molecule has 1 aromatic rings. The lowest BCUT2D eigenvalue weighted by atomic mass is 9.78. The Morgan fingerprint density at radius 3 is 2.63 bits per heavy atom. The largest absolute Gasteiger partial charge is 0.486 e. The SMILES string of the molecule is CCc1c(C(C)(C)CC(=O)O)ccc2c1OCCO2. The zero-order valence-electron chi connectivity index (χ0n) is 11.7. The Bertz CT molecular complexity index is 491. The van der Waals surface area contributed by atoms with Crippen LogP contribution in [0.1, 0.15) is 38.3 Å². The third-order valence-electron chi connectivity index (χ3n) is 3.49. The Morgan fingerprint density at radius 2 is 2.00 bits per heavy atom. The topological polar surface area (TPSA) is 55.8 Å². The van der Waals surface area contributed by atoms with E-state index in [1.165, 1.54) is 0 Å². The summed E-state index contributed by atoms with van der Waals surface area (Å²) in [6.07, 6.45) is 0.893. The molecular weight excluding hydrogens is 244 g/mol. The second-order valence-electron chi connectivity index (χ2n) is 5.42. The van der Waals surface area contributed by atoms with Gasteiger partial charge in [0.05, 0.1) is 6.42 Å². The standard InChI is InChI=1S/C15H20O4/c1-4-10-11(15(2,3)9-13(16)17)5-6-12-14(10)19-8-7-18-12/h5-6H,4,7-9H2,1-3H3,(H,16,17). The molecule has 1 heterocycles. The highest BCUT2D eigenvalue weighted by Crippen LogP contribution is 2.41. The lowest BCUT2D eigenvalue weighted by Crippen LogP contribution is -2.25. The Hall–Kier alpha value is -1.71. The highest BCUT2D eigenvalue weighted by molar-refractivity contribution is 5.69. The summed E-state index contributed by atoms with van der Waals surface area (Å²) in [4.78, 5) is 11.0. The van der Waals surface area contributed by atoms with E-state index in [9.17, 15) is 4.79 Å². The van der Waals surface area contributed by atoms with Gasteiger partial charge < -0.3 is 14.6 Å². The van der Waals surface area contributed by atoms with Crippen molar-refractivity contribution in [2.45, 2.75) is 39.0 Å². The summed E-state index contributed by atoms with van der Waals surface area (Å²) >= 11 is 0. The quantitative estimate of drug-likeness (QED) is 0.908. The molecule has 1 aliphatic heterocycles. The van der Waals surface area contributed by atoms with Crippen molar-refractivity contribution in [2.24, 2.45) is 0 Å². The minimum Gasteiger partial charge on any atom is -0.486 e. The molecule has 0 bridgehead atoms. The minimum absolute atomic E-state index is 0.0969. The average molecular weight is 264 g/mol. The normalized spacial score (nSPS) is 14.3. The summed E-state index contributed by atoms with van der Waals surface area (Å²) in [7, 11) is 0. The Morgan fingerprint density at radius 1 is 1.32 bits per heavy atom. The molecule has 104 valence electrons. The molecule has 19 heavy (non-hydrogen) atoms. The van der Waals surface area contributed by atoms with E-state index in [0.29, 0.717) is 13.2 Å². The molecule has 4 nitrogen and oxygen atoms in total. The third kappa shape index (κ3) is 2.67. The number of carbonyl (C=O) groups is 1. The lowest BCUT2D eigenvalue weighted by Gasteiger charge is -2.29. The summed E-state index contributed by atoms with van der Waals surface area (Å²) in [6.45, 7) is 7.06. The van der Waals surface area contributed by atoms with Gasteiger partial charge in [0.2, 0.25) is 0 Å². The fourth-order valence-corrected chi connectivity index (χ4v) is 2.63. The Kier molecular flexibility index (Phi) is 3.69. The molecular formula is C15H20O4. The summed E-state index contributed by atoms with van der Waals surface area (Å²) in [5, 5.41) is 9.06. The van der Waals surface area contributed by atoms with E-state index in [1.54, 1.807) is 0 Å². The van der Waals surface area contributed by atoms with Gasteiger partial charge in [0, 0.05) is 11.0 Å². The molecule has 0 saturated heterocycles. The van der Waals surface area contributed by atoms with Crippen molar-refractivity contribution in [1.29, 1.82) is 0 Å². The second kappa shape index (κ2) is 5.11. The van der Waals surface area contributed by atoms with Gasteiger partial charge in [-0.1, -0.05) is 26.8 Å². The lowest BCUT2D eigenvalue weighted by molar-refractivity contribution is -0.138. The van der Waals surface area contributed by atoms with Crippen molar-refractivity contribution in [2.75, 3.05) is 13.2 Å². The Labute approximate surface area is 113 Å². The van der Waals surface area contributed by atoms with Crippen LogP contribution in [0, 0.1) is 0 Å². The minimum atomic E-state index is -0.790. The van der Waals surface area contributed by atoms with Crippen LogP contribution in [0.25, 0.3) is 0 Å². The van der Waals surface area contributed by atoms with Gasteiger partial charge >= 0.3 is 5.97 Å². The van der Waals surface area contributed by atoms with Crippen molar-refractivity contribution in [3.8, 4) is 11.5 Å². The number of hydrogen-bond acceptors (Lipinski definition) is 3. The van der Waals surface area contributed by atoms with Gasteiger partial charge in [0.1, 0.15) is 13.2 Å². The van der Waals surface area contributed by atoms with Crippen LogP contribution in [-0.4, -0.2) is 24.3 Å². The van der Waals surface area contributed by atoms with Crippen LogP contribution >= 0.6 is 0 Å². The summed E-state index contributed by atoms with van der Waals surface area (Å²) < 4.78 is 11.3. The van der Waals surface area contributed by atoms with Crippen molar-refractivity contribution in [1.82, 2.24) is 0 Å². The number of hydrogen-bond donors (Lipinski definition) is 1. The molecule has 0 amide bonds. The number of benzene rings is 1. The monoisotopic (exact) mass is 264 g/mol. The van der Waals surface area contributed by atoms with Crippen LogP contribution < -0.4 is 9.47 Å². The highest BCUT2D eigenvalue weighted by atomic mass is 16.6. The zero-order chi connectivity index (χ0) is 14.0. The van der Waals surface area contributed by atoms with E-state index in [-0.39, 0.29) is 6.42 Å². The molecule has 0 atom stereocenters. The van der Waals surface area contributed by atoms with Crippen LogP contribution in [0.15, 0.2) is 12.1 Å². The first kappa shape index (κ1) is 13.7. The maximum atomic E-state index is 11.0. The fraction of sp³-hybridized carbons (Fsp3) is 0.533. The van der Waals surface area contributed by atoms with Gasteiger partial charge in [-0.3, -0.25) is 4.79 Å². The molecule has 0 saturated carbocycles. The highest BCUT2D eigenvalue weighted by Gasteiger charge is 2.29. The smallest absolute Gasteiger partial charge is 0.304 e. The molecule has 0 spiro atoms. The van der Waals surface area contributed by atoms with Gasteiger partial charge in [0.15, 0.2) is 11.5 Å². The number of aliphatic carboxylic acids is 1. The molecule has 2 rings (SSSR count). The summed E-state index contributed by atoms with van der Waals surface area (Å²) in [5.74, 6) is 0.754. The van der Waals surface area contributed by atoms with Gasteiger partial charge in [0.25, 0.3) is 0 Å². The number of ether oxygens (including phenoxy) is 2. The molecule has 1 aromatic carbocycles. The first-order valence-corrected chi connectivity index (χ1v) is 6.59. The summed E-state index contributed by atoms with van der Waals surface area (Å²) in [6, 6.07) is 3.85. The van der Waals surface area contributed by atoms with E-state index in [4.69, 9.17) is 14.6 Å². The van der Waals surface area contributed by atoms with E-state index in [0.717, 1.165) is 29.0 Å². The van der Waals surface area contributed by atoms with Gasteiger partial charge in [-0.05, 0) is 18.1 Å². The summed E-state index contributed by atoms with van der Waals surface area (Å²) in [5.41, 5.74) is 1.66. The van der Waals surface area contributed by atoms with Crippen molar-refractivity contribution >= 4 is 5.97 Å². The van der Waals surface area contributed by atoms with E-state index < -0.39 is 11.4 Å². The second-order valence-corrected chi connectivity index (χ2v) is 5.42. The van der Waals surface area contributed by atoms with E-state index >= 15 is 0 Å². The predicted molar refractivity (Wildman–Crippen MR) is 72.1 cm³/mol. The van der Waals surface area contributed by atoms with Gasteiger partial charge in [-0.15, -0.1) is 0 Å². The van der Waals surface area contributed by atoms with E-state index in [1.807, 2.05) is 32.9 Å². The van der Waals surface area contributed by atoms with E-state index in [2.05, 4.69) is 0 Å². The van der Waals surface area contributed by atoms with Crippen molar-refractivity contribution in [3.63, 3.8) is 0 Å². The van der Waals surface area contributed by atoms with Crippen LogP contribution in [0.4, 0.5) is 0 Å². The van der Waals surface area contributed by atoms with Crippen LogP contribution in [0.5, 0.6) is 11.5 Å². The number of rotatable bonds is 4. The molecule has 0 unspecified atom stereocenters. The fourth-order valence-electron chi connectivity index (χ4n) is 2.63. The molecule has 1 N–H and O–H groups in total.